The van der Waals surface area contributed by atoms with Gasteiger partial charge >= 0.3 is 12.1 Å². The number of alkyl carbamates (subject to hydrolysis) is 1. The van der Waals surface area contributed by atoms with Crippen LogP contribution in [0.25, 0.3) is 16.7 Å². The van der Waals surface area contributed by atoms with Crippen LogP contribution in [0.4, 0.5) is 10.6 Å². The van der Waals surface area contributed by atoms with Crippen molar-refractivity contribution in [2.24, 2.45) is 23.2 Å². The number of nitrogens with one attached hydrogen (secondary N) is 3. The molecular weight excluding hydrogens is 747 g/mol. The highest BCUT2D eigenvalue weighted by atomic mass is 16.6. The van der Waals surface area contributed by atoms with E-state index in [1.807, 2.05) is 59.7 Å². The lowest BCUT2D eigenvalue weighted by molar-refractivity contribution is -0.146. The summed E-state index contributed by atoms with van der Waals surface area (Å²) in [6.07, 6.45) is 4.00. The number of ether oxygens (including phenoxy) is 4. The summed E-state index contributed by atoms with van der Waals surface area (Å²) >= 11 is 0. The van der Waals surface area contributed by atoms with Crippen molar-refractivity contribution in [2.75, 3.05) is 32.2 Å². The Morgan fingerprint density at radius 3 is 2.43 bits per heavy atom. The zero-order valence-electron chi connectivity index (χ0n) is 34.4. The second-order valence-electron chi connectivity index (χ2n) is 17.7. The molecule has 1 unspecified atom stereocenters. The van der Waals surface area contributed by atoms with Crippen LogP contribution in [0, 0.1) is 23.2 Å². The van der Waals surface area contributed by atoms with Crippen LogP contribution in [0.15, 0.2) is 36.5 Å². The van der Waals surface area contributed by atoms with Crippen LogP contribution in [-0.2, 0) is 23.9 Å². The Hall–Kier alpha value is -5.12. The number of pyridine rings is 1. The third-order valence-corrected chi connectivity index (χ3v) is 11.9. The number of fused-ring (bicyclic) bond motifs is 2. The van der Waals surface area contributed by atoms with Gasteiger partial charge in [0, 0.05) is 49.4 Å². The van der Waals surface area contributed by atoms with Gasteiger partial charge in [-0.1, -0.05) is 34.1 Å². The van der Waals surface area contributed by atoms with Gasteiger partial charge < -0.3 is 44.9 Å². The smallest absolute Gasteiger partial charge is 0.408 e. The standard InChI is InChI=1S/C42H57N7O9/c1-8-26-21-42(26,39(52)53)46-37(50)32-19-29(22-48(32)38(51)36(41(4,5)6)45-40(54)58-28-16-24-15-25(24)17-28)57-33-20-35(49-12-11-34(47-49)43-23(2)3)44-31-18-27(9-10-30(31)33)56-14-13-55-7/h9-12,18,20,23-26,28-29,32,36H,8,13-17,19,21-22H2,1-7H3,(H,43,47)(H,45,54)(H,46,50)(H,52,53)/t24-,25+,26-,28?,29-,32+,36-,42-/m1/s1. The Morgan fingerprint density at radius 1 is 1.02 bits per heavy atom. The van der Waals surface area contributed by atoms with Crippen LogP contribution in [0.2, 0.25) is 0 Å². The lowest BCUT2D eigenvalue weighted by atomic mass is 9.85. The molecule has 58 heavy (non-hydrogen) atoms. The van der Waals surface area contributed by atoms with Crippen molar-refractivity contribution < 1.29 is 43.2 Å². The van der Waals surface area contributed by atoms with Crippen molar-refractivity contribution in [2.45, 2.75) is 116 Å². The number of hydrogen-bond acceptors (Lipinski definition) is 11. The second-order valence-corrected chi connectivity index (χ2v) is 17.7. The van der Waals surface area contributed by atoms with Gasteiger partial charge in [-0.3, -0.25) is 9.59 Å². The molecule has 1 saturated heterocycles. The monoisotopic (exact) mass is 803 g/mol. The minimum atomic E-state index is -1.40. The fraction of sp³-hybridized carbons (Fsp3) is 0.619. The highest BCUT2D eigenvalue weighted by Crippen LogP contribution is 2.52. The molecule has 7 rings (SSSR count). The molecule has 4 N–H and O–H groups in total. The molecule has 314 valence electrons. The molecular formula is C42H57N7O9. The van der Waals surface area contributed by atoms with Crippen LogP contribution in [0.1, 0.15) is 80.1 Å². The fourth-order valence-corrected chi connectivity index (χ4v) is 8.56. The first kappa shape index (κ1) is 41.1. The molecule has 3 amide bonds. The van der Waals surface area contributed by atoms with E-state index in [-0.39, 0.29) is 31.0 Å². The summed E-state index contributed by atoms with van der Waals surface area (Å²) in [4.78, 5) is 61.0. The molecule has 3 heterocycles. The number of aromatic nitrogens is 3. The number of nitrogens with zero attached hydrogens (tertiary/aromatic N) is 4. The van der Waals surface area contributed by atoms with Gasteiger partial charge in [-0.15, -0.1) is 5.10 Å². The first-order valence-corrected chi connectivity index (χ1v) is 20.5. The van der Waals surface area contributed by atoms with Crippen molar-refractivity contribution in [1.82, 2.24) is 30.3 Å². The summed E-state index contributed by atoms with van der Waals surface area (Å²) in [5, 5.41) is 24.4. The highest BCUT2D eigenvalue weighted by Gasteiger charge is 2.61. The molecule has 16 nitrogen and oxygen atoms in total. The summed E-state index contributed by atoms with van der Waals surface area (Å²) in [7, 11) is 1.60. The zero-order valence-corrected chi connectivity index (χ0v) is 34.4. The molecule has 0 radical (unpaired) electrons. The van der Waals surface area contributed by atoms with E-state index in [1.54, 1.807) is 30.1 Å². The Balaban J connectivity index is 1.19. The average Bonchev–Trinajstić information content (AvgIpc) is 3.83. The summed E-state index contributed by atoms with van der Waals surface area (Å²) < 4.78 is 25.2. The van der Waals surface area contributed by atoms with E-state index in [4.69, 9.17) is 23.9 Å². The van der Waals surface area contributed by atoms with E-state index in [0.717, 1.165) is 12.8 Å². The number of methoxy groups -OCH3 is 1. The fourth-order valence-electron chi connectivity index (χ4n) is 8.56. The lowest BCUT2D eigenvalue weighted by Crippen LogP contribution is -2.59. The second kappa shape index (κ2) is 16.3. The maximum Gasteiger partial charge on any atom is 0.408 e. The summed E-state index contributed by atoms with van der Waals surface area (Å²) in [6, 6.07) is 7.08. The molecule has 0 bridgehead atoms. The molecule has 8 atom stereocenters. The van der Waals surface area contributed by atoms with E-state index in [0.29, 0.717) is 71.9 Å². The van der Waals surface area contributed by atoms with Crippen LogP contribution in [0.3, 0.4) is 0 Å². The minimum absolute atomic E-state index is 0.00885. The van der Waals surface area contributed by atoms with Gasteiger partial charge in [0.25, 0.3) is 0 Å². The van der Waals surface area contributed by atoms with E-state index >= 15 is 0 Å². The topological polar surface area (TPSA) is 195 Å². The number of benzene rings is 1. The van der Waals surface area contributed by atoms with Crippen molar-refractivity contribution in [3.8, 4) is 17.3 Å². The van der Waals surface area contributed by atoms with Crippen LogP contribution >= 0.6 is 0 Å². The van der Waals surface area contributed by atoms with Gasteiger partial charge in [-0.05, 0) is 74.8 Å². The quantitative estimate of drug-likeness (QED) is 0.143. The molecule has 0 spiro atoms. The minimum Gasteiger partial charge on any atom is -0.491 e. The molecule has 16 heteroatoms. The number of carbonyl (C=O) groups is 4. The summed E-state index contributed by atoms with van der Waals surface area (Å²) in [5.74, 6) is 0.960. The third kappa shape index (κ3) is 8.81. The van der Waals surface area contributed by atoms with E-state index < -0.39 is 53.0 Å². The number of likely N-dealkylation sites (tertiary alicyclic amines) is 1. The van der Waals surface area contributed by atoms with Gasteiger partial charge in [-0.2, -0.15) is 0 Å². The van der Waals surface area contributed by atoms with Gasteiger partial charge in [0.15, 0.2) is 5.82 Å². The van der Waals surface area contributed by atoms with Gasteiger partial charge in [0.2, 0.25) is 11.8 Å². The first-order valence-electron chi connectivity index (χ1n) is 20.5. The van der Waals surface area contributed by atoms with Crippen LogP contribution < -0.4 is 25.4 Å². The van der Waals surface area contributed by atoms with E-state index in [9.17, 15) is 24.3 Å². The summed E-state index contributed by atoms with van der Waals surface area (Å²) in [6.45, 7) is 12.2. The number of aliphatic carboxylic acids is 1. The predicted molar refractivity (Wildman–Crippen MR) is 214 cm³/mol. The molecule has 1 aliphatic heterocycles. The molecule has 3 aromatic rings. The SMILES string of the molecule is CC[C@@H]1C[C@]1(NC(=O)[C@@H]1C[C@@H](Oc2cc(-n3ccc(NC(C)C)n3)nc3cc(OCCOC)ccc23)CN1C(=O)[C@@H](NC(=O)OC1C[C@@H]2C[C@@H]2C1)C(C)(C)C)C(=O)O. The number of rotatable bonds is 16. The number of amides is 3. The Bertz CT molecular complexity index is 2020. The highest BCUT2D eigenvalue weighted by molar-refractivity contribution is 5.96. The number of hydrogen-bond donors (Lipinski definition) is 4. The molecule has 4 aliphatic rings. The maximum absolute atomic E-state index is 14.7. The molecule has 2 aromatic heterocycles. The maximum atomic E-state index is 14.7. The number of anilines is 1. The largest absolute Gasteiger partial charge is 0.491 e. The van der Waals surface area contributed by atoms with E-state index in [2.05, 4.69) is 21.0 Å². The zero-order chi connectivity index (χ0) is 41.5. The van der Waals surface area contributed by atoms with Gasteiger partial charge in [0.05, 0.1) is 18.7 Å². The number of carboxylic acid groups (broad SMARTS) is 1. The molecule has 1 aromatic carbocycles. The number of carbonyl (C=O) groups excluding carboxylic acids is 3. The summed E-state index contributed by atoms with van der Waals surface area (Å²) in [5.41, 5.74) is -1.61. The van der Waals surface area contributed by atoms with Crippen LogP contribution in [0.5, 0.6) is 11.5 Å². The van der Waals surface area contributed by atoms with Crippen molar-refractivity contribution >= 4 is 40.6 Å². The van der Waals surface area contributed by atoms with E-state index in [1.165, 1.54) is 11.3 Å². The van der Waals surface area contributed by atoms with Crippen molar-refractivity contribution in [1.29, 1.82) is 0 Å². The molecule has 4 fully saturated rings. The molecule has 3 saturated carbocycles. The van der Waals surface area contributed by atoms with Crippen molar-refractivity contribution in [3.63, 3.8) is 0 Å². The average molecular weight is 804 g/mol. The normalized spacial score (nSPS) is 26.5. The van der Waals surface area contributed by atoms with Crippen molar-refractivity contribution in [3.05, 3.63) is 36.5 Å². The lowest BCUT2D eigenvalue weighted by Gasteiger charge is -2.35. The van der Waals surface area contributed by atoms with Crippen LogP contribution in [-0.4, -0.2) is 111 Å². The van der Waals surface area contributed by atoms with Gasteiger partial charge in [-0.25, -0.2) is 19.3 Å². The molecule has 3 aliphatic carbocycles. The first-order chi connectivity index (χ1) is 27.6. The Kier molecular flexibility index (Phi) is 11.5. The van der Waals surface area contributed by atoms with Gasteiger partial charge in [0.1, 0.15) is 53.8 Å². The Labute approximate surface area is 338 Å². The third-order valence-electron chi connectivity index (χ3n) is 11.9. The predicted octanol–water partition coefficient (Wildman–Crippen LogP) is 4.92. The Morgan fingerprint density at radius 2 is 1.78 bits per heavy atom. The number of carboxylic acids is 1.